The molecule has 0 saturated carbocycles. The van der Waals surface area contributed by atoms with Crippen molar-refractivity contribution in [2.45, 2.75) is 20.4 Å². The van der Waals surface area contributed by atoms with E-state index in [1.54, 1.807) is 4.57 Å². The Bertz CT molecular complexity index is 773. The van der Waals surface area contributed by atoms with E-state index in [9.17, 15) is 9.36 Å². The molecule has 0 aliphatic rings. The van der Waals surface area contributed by atoms with E-state index in [1.807, 2.05) is 13.8 Å². The monoisotopic (exact) mass is 373 g/mol. The molecule has 0 aromatic carbocycles. The molecule has 0 spiro atoms. The maximum atomic E-state index is 12.1. The van der Waals surface area contributed by atoms with Crippen LogP contribution in [0, 0.1) is 5.92 Å². The van der Waals surface area contributed by atoms with Gasteiger partial charge in [-0.3, -0.25) is 14.2 Å². The zero-order valence-electron chi connectivity index (χ0n) is 13.8. The lowest BCUT2D eigenvalue weighted by Gasteiger charge is -2.08. The third-order valence-corrected chi connectivity index (χ3v) is 3.45. The van der Waals surface area contributed by atoms with Crippen molar-refractivity contribution in [3.63, 3.8) is 0 Å². The molecule has 0 atom stereocenters. The molecular weight excluding hydrogens is 353 g/mol. The molecule has 12 heteroatoms. The van der Waals surface area contributed by atoms with Crippen LogP contribution in [0.2, 0.25) is 0 Å². The molecule has 11 nitrogen and oxygen atoms in total. The average Bonchev–Trinajstić information content (AvgIpc) is 2.93. The zero-order chi connectivity index (χ0) is 18.4. The first-order valence-corrected chi connectivity index (χ1v) is 9.28. The van der Waals surface area contributed by atoms with Crippen molar-refractivity contribution in [1.29, 1.82) is 0 Å². The van der Waals surface area contributed by atoms with Gasteiger partial charge in [0.05, 0.1) is 19.5 Å². The highest BCUT2D eigenvalue weighted by Crippen LogP contribution is 2.33. The Labute approximate surface area is 143 Å². The van der Waals surface area contributed by atoms with Gasteiger partial charge < -0.3 is 19.1 Å². The minimum absolute atomic E-state index is 0.0552. The number of rotatable bonds is 9. The summed E-state index contributed by atoms with van der Waals surface area (Å²) in [6.45, 7) is 4.58. The molecule has 1 amide bonds. The smallest absolute Gasteiger partial charge is 0.350 e. The largest absolute Gasteiger partial charge is 0.367 e. The minimum atomic E-state index is -4.20. The Morgan fingerprint density at radius 1 is 1.36 bits per heavy atom. The molecule has 0 saturated heterocycles. The Morgan fingerprint density at radius 2 is 2.12 bits per heavy atom. The number of hydrogen-bond acceptors (Lipinski definition) is 7. The standard InChI is InChI=1S/C13H20N5O6P/c1-9(2)5-24-17-13(19)11-10-12(15-6-14-11)18(7-16-10)3-4-23-8-25(20,21)22/h6-7,9H,3-5,8H2,1-2H3,(H,17,19)(H2,20,21,22). The molecule has 0 fully saturated rings. The molecule has 0 bridgehead atoms. The number of carbonyl (C=O) groups excluding carboxylic acids is 1. The number of imidazole rings is 1. The molecule has 2 aromatic heterocycles. The van der Waals surface area contributed by atoms with Gasteiger partial charge >= 0.3 is 7.60 Å². The number of ether oxygens (including phenoxy) is 1. The van der Waals surface area contributed by atoms with Gasteiger partial charge in [0.1, 0.15) is 18.2 Å². The number of fused-ring (bicyclic) bond motifs is 1. The second-order valence-electron chi connectivity index (χ2n) is 5.67. The summed E-state index contributed by atoms with van der Waals surface area (Å²) in [5.74, 6) is -0.269. The van der Waals surface area contributed by atoms with Gasteiger partial charge in [-0.25, -0.2) is 20.4 Å². The summed E-state index contributed by atoms with van der Waals surface area (Å²) in [6, 6.07) is 0. The van der Waals surface area contributed by atoms with Gasteiger partial charge in [-0.2, -0.15) is 0 Å². The van der Waals surface area contributed by atoms with Crippen molar-refractivity contribution >= 4 is 24.7 Å². The van der Waals surface area contributed by atoms with Crippen LogP contribution >= 0.6 is 7.60 Å². The normalized spacial score (nSPS) is 12.0. The fraction of sp³-hybridized carbons (Fsp3) is 0.538. The van der Waals surface area contributed by atoms with Crippen LogP contribution < -0.4 is 5.48 Å². The van der Waals surface area contributed by atoms with Gasteiger partial charge in [-0.05, 0) is 5.92 Å². The molecule has 2 rings (SSSR count). The minimum Gasteiger partial charge on any atom is -0.367 e. The highest BCUT2D eigenvalue weighted by molar-refractivity contribution is 7.51. The quantitative estimate of drug-likeness (QED) is 0.320. The van der Waals surface area contributed by atoms with Crippen LogP contribution in [0.1, 0.15) is 24.3 Å². The van der Waals surface area contributed by atoms with Gasteiger partial charge in [-0.1, -0.05) is 13.8 Å². The molecule has 2 heterocycles. The number of nitrogens with zero attached hydrogens (tertiary/aromatic N) is 4. The number of aromatic nitrogens is 4. The molecule has 0 aliphatic heterocycles. The summed E-state index contributed by atoms with van der Waals surface area (Å²) in [5.41, 5.74) is 3.08. The van der Waals surface area contributed by atoms with Crippen molar-refractivity contribution < 1.29 is 28.7 Å². The summed E-state index contributed by atoms with van der Waals surface area (Å²) in [5, 5.41) is 0. The highest BCUT2D eigenvalue weighted by atomic mass is 31.2. The summed E-state index contributed by atoms with van der Waals surface area (Å²) < 4.78 is 17.2. The molecule has 0 aliphatic carbocycles. The van der Waals surface area contributed by atoms with Gasteiger partial charge in [0.15, 0.2) is 11.3 Å². The first kappa shape index (κ1) is 19.4. The Kier molecular flexibility index (Phi) is 6.57. The summed E-state index contributed by atoms with van der Waals surface area (Å²) in [4.78, 5) is 46.8. The summed E-state index contributed by atoms with van der Waals surface area (Å²) in [7, 11) is -4.20. The van der Waals surface area contributed by atoms with Gasteiger partial charge in [0.25, 0.3) is 5.91 Å². The molecule has 25 heavy (non-hydrogen) atoms. The third kappa shape index (κ3) is 5.83. The summed E-state index contributed by atoms with van der Waals surface area (Å²) >= 11 is 0. The number of hydrogen-bond donors (Lipinski definition) is 3. The van der Waals surface area contributed by atoms with E-state index in [0.29, 0.717) is 17.8 Å². The second kappa shape index (κ2) is 8.45. The molecular formula is C13H20N5O6P. The summed E-state index contributed by atoms with van der Waals surface area (Å²) in [6.07, 6.45) is 2.02. The van der Waals surface area contributed by atoms with Crippen LogP contribution in [-0.2, 0) is 20.7 Å². The van der Waals surface area contributed by atoms with Crippen molar-refractivity contribution in [2.75, 3.05) is 19.6 Å². The number of hydroxylamine groups is 1. The van der Waals surface area contributed by atoms with E-state index >= 15 is 0 Å². The van der Waals surface area contributed by atoms with E-state index < -0.39 is 19.9 Å². The first-order chi connectivity index (χ1) is 11.8. The molecule has 3 N–H and O–H groups in total. The Morgan fingerprint density at radius 3 is 2.80 bits per heavy atom. The highest BCUT2D eigenvalue weighted by Gasteiger charge is 2.17. The Hall–Kier alpha value is -1.91. The SMILES string of the molecule is CC(C)CONC(=O)c1ncnc2c1ncn2CCOCP(=O)(O)O. The predicted molar refractivity (Wildman–Crippen MR) is 86.4 cm³/mol. The van der Waals surface area contributed by atoms with Crippen molar-refractivity contribution in [2.24, 2.45) is 5.92 Å². The topological polar surface area (TPSA) is 149 Å². The Balaban J connectivity index is 2.03. The maximum Gasteiger partial charge on any atom is 0.350 e. The fourth-order valence-electron chi connectivity index (χ4n) is 1.88. The van der Waals surface area contributed by atoms with Crippen LogP contribution in [0.5, 0.6) is 0 Å². The van der Waals surface area contributed by atoms with Gasteiger partial charge in [0, 0.05) is 6.54 Å². The van der Waals surface area contributed by atoms with E-state index in [1.165, 1.54) is 12.7 Å². The van der Waals surface area contributed by atoms with Crippen LogP contribution in [0.4, 0.5) is 0 Å². The van der Waals surface area contributed by atoms with E-state index in [4.69, 9.17) is 19.4 Å². The molecule has 0 unspecified atom stereocenters. The lowest BCUT2D eigenvalue weighted by atomic mass is 10.2. The molecule has 2 aromatic rings. The van der Waals surface area contributed by atoms with E-state index in [-0.39, 0.29) is 24.8 Å². The second-order valence-corrected chi connectivity index (χ2v) is 7.26. The lowest BCUT2D eigenvalue weighted by molar-refractivity contribution is 0.0206. The van der Waals surface area contributed by atoms with Crippen molar-refractivity contribution in [3.05, 3.63) is 18.3 Å². The third-order valence-electron chi connectivity index (χ3n) is 2.93. The lowest BCUT2D eigenvalue weighted by Crippen LogP contribution is -2.26. The number of carbonyl (C=O) groups is 1. The van der Waals surface area contributed by atoms with Crippen LogP contribution in [-0.4, -0.2) is 54.8 Å². The van der Waals surface area contributed by atoms with Crippen LogP contribution in [0.25, 0.3) is 11.2 Å². The van der Waals surface area contributed by atoms with Gasteiger partial charge in [-0.15, -0.1) is 0 Å². The fourth-order valence-corrected chi connectivity index (χ4v) is 2.25. The van der Waals surface area contributed by atoms with Crippen LogP contribution in [0.15, 0.2) is 12.7 Å². The van der Waals surface area contributed by atoms with Crippen molar-refractivity contribution in [1.82, 2.24) is 25.0 Å². The number of amides is 1. The average molecular weight is 373 g/mol. The first-order valence-electron chi connectivity index (χ1n) is 7.48. The zero-order valence-corrected chi connectivity index (χ0v) is 14.7. The van der Waals surface area contributed by atoms with E-state index in [2.05, 4.69) is 20.4 Å². The number of nitrogens with one attached hydrogen (secondary N) is 1. The predicted octanol–water partition coefficient (Wildman–Crippen LogP) is 0.295. The van der Waals surface area contributed by atoms with Crippen LogP contribution in [0.3, 0.4) is 0 Å². The molecule has 0 radical (unpaired) electrons. The van der Waals surface area contributed by atoms with Gasteiger partial charge in [0.2, 0.25) is 0 Å². The van der Waals surface area contributed by atoms with E-state index in [0.717, 1.165) is 0 Å². The molecule has 138 valence electrons. The van der Waals surface area contributed by atoms with Crippen molar-refractivity contribution in [3.8, 4) is 0 Å². The maximum absolute atomic E-state index is 12.1.